The molecule has 2 aliphatic heterocycles. The minimum absolute atomic E-state index is 0.0808. The van der Waals surface area contributed by atoms with Crippen molar-refractivity contribution in [1.82, 2.24) is 15.2 Å². The number of aromatic nitrogens is 1. The Kier molecular flexibility index (Phi) is 10.8. The lowest BCUT2D eigenvalue weighted by Gasteiger charge is -2.37. The minimum atomic E-state index is -5.08. The number of piperidine rings is 1. The van der Waals surface area contributed by atoms with Gasteiger partial charge in [-0.1, -0.05) is 6.07 Å². The number of aliphatic carboxylic acids is 2. The van der Waals surface area contributed by atoms with Gasteiger partial charge in [0.05, 0.1) is 10.6 Å². The fourth-order valence-electron chi connectivity index (χ4n) is 3.71. The van der Waals surface area contributed by atoms with Crippen LogP contribution >= 0.6 is 11.3 Å². The third-order valence-corrected chi connectivity index (χ3v) is 6.93. The summed E-state index contributed by atoms with van der Waals surface area (Å²) in [6.45, 7) is 2.17. The first-order valence-corrected chi connectivity index (χ1v) is 12.2. The third kappa shape index (κ3) is 9.47. The van der Waals surface area contributed by atoms with Gasteiger partial charge in [-0.25, -0.2) is 9.59 Å². The lowest BCUT2D eigenvalue weighted by atomic mass is 9.87. The summed E-state index contributed by atoms with van der Waals surface area (Å²) in [7, 11) is 0. The van der Waals surface area contributed by atoms with E-state index in [1.54, 1.807) is 17.5 Å². The topological polar surface area (TPSA) is 140 Å². The fraction of sp³-hybridized carbons (Fsp3) is 0.478. The fourth-order valence-corrected chi connectivity index (χ4v) is 4.80. The first kappa shape index (κ1) is 32.0. The number of carbonyl (C=O) groups is 3. The van der Waals surface area contributed by atoms with Crippen LogP contribution < -0.4 is 5.32 Å². The van der Waals surface area contributed by atoms with E-state index in [0.29, 0.717) is 37.7 Å². The Bertz CT molecular complexity index is 1090. The monoisotopic (exact) mass is 585 g/mol. The molecule has 0 radical (unpaired) electrons. The summed E-state index contributed by atoms with van der Waals surface area (Å²) in [6.07, 6.45) is -5.07. The molecule has 216 valence electrons. The number of carbonyl (C=O) groups excluding carboxylic acids is 1. The molecule has 1 unspecified atom stereocenters. The maximum absolute atomic E-state index is 12.8. The number of nitrogens with one attached hydrogen (secondary N) is 1. The van der Waals surface area contributed by atoms with Crippen molar-refractivity contribution in [3.8, 4) is 0 Å². The molecular formula is C23H25F6N3O6S. The molecule has 0 bridgehead atoms. The van der Waals surface area contributed by atoms with Crippen molar-refractivity contribution in [3.63, 3.8) is 0 Å². The molecule has 0 aliphatic carbocycles. The Morgan fingerprint density at radius 3 is 1.97 bits per heavy atom. The highest BCUT2D eigenvalue weighted by Gasteiger charge is 2.39. The molecule has 1 amide bonds. The zero-order valence-corrected chi connectivity index (χ0v) is 20.9. The molecular weight excluding hydrogens is 560 g/mol. The van der Waals surface area contributed by atoms with Gasteiger partial charge in [-0.05, 0) is 56.5 Å². The Morgan fingerprint density at radius 2 is 1.54 bits per heavy atom. The molecule has 4 heterocycles. The zero-order valence-electron chi connectivity index (χ0n) is 20.1. The predicted molar refractivity (Wildman–Crippen MR) is 125 cm³/mol. The summed E-state index contributed by atoms with van der Waals surface area (Å²) >= 11 is 1.60. The van der Waals surface area contributed by atoms with Crippen molar-refractivity contribution >= 4 is 29.2 Å². The maximum atomic E-state index is 12.8. The van der Waals surface area contributed by atoms with Gasteiger partial charge in [-0.3, -0.25) is 9.78 Å². The number of halogens is 6. The van der Waals surface area contributed by atoms with E-state index < -0.39 is 29.9 Å². The molecule has 2 aromatic heterocycles. The molecule has 0 saturated carbocycles. The average molecular weight is 586 g/mol. The number of thiophene rings is 1. The number of alkyl halides is 6. The second kappa shape index (κ2) is 13.2. The van der Waals surface area contributed by atoms with Gasteiger partial charge in [0.1, 0.15) is 5.60 Å². The molecule has 0 aromatic carbocycles. The van der Waals surface area contributed by atoms with E-state index in [2.05, 4.69) is 16.4 Å². The SMILES string of the molecule is O=C(O)C(F)(F)F.O=C(O)C(F)(F)F.O=C(c1ccc(C2CCCN2)s1)N1CCC(O)(c2ccccn2)CC1. The standard InChI is InChI=1S/C19H23N3O2S.2C2HF3O2/c23-18(16-7-6-15(25-16)14-4-3-11-20-14)22-12-8-19(24,9-13-22)17-5-1-2-10-21-17;2*3-2(4,5)1(6)7/h1-2,5-7,10,14,20,24H,3-4,8-9,11-13H2;2*(H,6,7). The number of rotatable bonds is 3. The molecule has 2 saturated heterocycles. The van der Waals surface area contributed by atoms with Crippen molar-refractivity contribution in [2.24, 2.45) is 0 Å². The summed E-state index contributed by atoms with van der Waals surface area (Å²) in [5.74, 6) is -5.43. The lowest BCUT2D eigenvalue weighted by Crippen LogP contribution is -2.45. The number of amides is 1. The van der Waals surface area contributed by atoms with Gasteiger partial charge in [0.25, 0.3) is 5.91 Å². The zero-order chi connectivity index (χ0) is 29.4. The predicted octanol–water partition coefficient (Wildman–Crippen LogP) is 3.96. The van der Waals surface area contributed by atoms with Crippen LogP contribution in [0.1, 0.15) is 52.0 Å². The number of likely N-dealkylation sites (tertiary alicyclic amines) is 1. The number of aliphatic hydroxyl groups is 1. The summed E-state index contributed by atoms with van der Waals surface area (Å²) < 4.78 is 63.5. The van der Waals surface area contributed by atoms with Crippen LogP contribution in [0.4, 0.5) is 26.3 Å². The number of pyridine rings is 1. The number of hydrogen-bond acceptors (Lipinski definition) is 7. The summed E-state index contributed by atoms with van der Waals surface area (Å²) in [6, 6.07) is 10.0. The van der Waals surface area contributed by atoms with E-state index in [-0.39, 0.29) is 5.91 Å². The Balaban J connectivity index is 0.000000317. The molecule has 2 aromatic rings. The number of hydrogen-bond donors (Lipinski definition) is 4. The number of carboxylic acids is 2. The van der Waals surface area contributed by atoms with Crippen LogP contribution in [0.3, 0.4) is 0 Å². The van der Waals surface area contributed by atoms with Crippen LogP contribution in [0, 0.1) is 0 Å². The molecule has 4 rings (SSSR count). The quantitative estimate of drug-likeness (QED) is 0.397. The van der Waals surface area contributed by atoms with E-state index >= 15 is 0 Å². The van der Waals surface area contributed by atoms with E-state index in [4.69, 9.17) is 19.8 Å². The van der Waals surface area contributed by atoms with Gasteiger partial charge in [-0.15, -0.1) is 11.3 Å². The number of carboxylic acid groups (broad SMARTS) is 2. The second-order valence-corrected chi connectivity index (χ2v) is 9.61. The average Bonchev–Trinajstić information content (AvgIpc) is 3.57. The van der Waals surface area contributed by atoms with Crippen LogP contribution in [0.15, 0.2) is 36.5 Å². The van der Waals surface area contributed by atoms with Crippen LogP contribution in [-0.4, -0.2) is 75.0 Å². The highest BCUT2D eigenvalue weighted by molar-refractivity contribution is 7.14. The smallest absolute Gasteiger partial charge is 0.475 e. The van der Waals surface area contributed by atoms with Crippen LogP contribution in [-0.2, 0) is 15.2 Å². The van der Waals surface area contributed by atoms with E-state index in [9.17, 15) is 36.2 Å². The molecule has 9 nitrogen and oxygen atoms in total. The minimum Gasteiger partial charge on any atom is -0.475 e. The maximum Gasteiger partial charge on any atom is 0.490 e. The summed E-state index contributed by atoms with van der Waals surface area (Å²) in [5, 5.41) is 28.6. The normalized spacial score (nSPS) is 18.7. The van der Waals surface area contributed by atoms with Crippen molar-refractivity contribution < 1.29 is 56.0 Å². The Hall–Kier alpha value is -3.24. The van der Waals surface area contributed by atoms with Crippen LogP contribution in [0.5, 0.6) is 0 Å². The summed E-state index contributed by atoms with van der Waals surface area (Å²) in [4.78, 5) is 38.8. The van der Waals surface area contributed by atoms with Gasteiger partial charge in [0.2, 0.25) is 0 Å². The molecule has 0 spiro atoms. The molecule has 2 fully saturated rings. The van der Waals surface area contributed by atoms with Gasteiger partial charge in [0, 0.05) is 30.2 Å². The molecule has 1 atom stereocenters. The molecule has 2 aliphatic rings. The lowest BCUT2D eigenvalue weighted by molar-refractivity contribution is -0.193. The van der Waals surface area contributed by atoms with Crippen LogP contribution in [0.2, 0.25) is 0 Å². The first-order chi connectivity index (χ1) is 18.0. The van der Waals surface area contributed by atoms with Crippen molar-refractivity contribution in [2.75, 3.05) is 19.6 Å². The van der Waals surface area contributed by atoms with Gasteiger partial charge < -0.3 is 25.5 Å². The third-order valence-electron chi connectivity index (χ3n) is 5.75. The largest absolute Gasteiger partial charge is 0.490 e. The highest BCUT2D eigenvalue weighted by atomic mass is 32.1. The molecule has 39 heavy (non-hydrogen) atoms. The first-order valence-electron chi connectivity index (χ1n) is 11.4. The number of nitrogens with zero attached hydrogens (tertiary/aromatic N) is 2. The Morgan fingerprint density at radius 1 is 0.974 bits per heavy atom. The van der Waals surface area contributed by atoms with Crippen molar-refractivity contribution in [2.45, 2.75) is 49.7 Å². The molecule has 4 N–H and O–H groups in total. The van der Waals surface area contributed by atoms with E-state index in [0.717, 1.165) is 17.8 Å². The summed E-state index contributed by atoms with van der Waals surface area (Å²) in [5.41, 5.74) is -0.223. The van der Waals surface area contributed by atoms with Gasteiger partial charge >= 0.3 is 24.3 Å². The van der Waals surface area contributed by atoms with Gasteiger partial charge in [-0.2, -0.15) is 26.3 Å². The van der Waals surface area contributed by atoms with E-state index in [1.807, 2.05) is 29.2 Å². The van der Waals surface area contributed by atoms with Crippen molar-refractivity contribution in [1.29, 1.82) is 0 Å². The molecule has 16 heteroatoms. The van der Waals surface area contributed by atoms with Crippen LogP contribution in [0.25, 0.3) is 0 Å². The second-order valence-electron chi connectivity index (χ2n) is 8.50. The van der Waals surface area contributed by atoms with E-state index in [1.165, 1.54) is 11.3 Å². The highest BCUT2D eigenvalue weighted by Crippen LogP contribution is 2.34. The Labute approximate surface area is 222 Å². The van der Waals surface area contributed by atoms with Crippen molar-refractivity contribution in [3.05, 3.63) is 52.0 Å². The van der Waals surface area contributed by atoms with Gasteiger partial charge in [0.15, 0.2) is 0 Å².